The molecule has 0 fully saturated rings. The van der Waals surface area contributed by atoms with Crippen molar-refractivity contribution in [1.82, 2.24) is 15.0 Å². The van der Waals surface area contributed by atoms with Crippen LogP contribution in [0.25, 0.3) is 0 Å². The van der Waals surface area contributed by atoms with Gasteiger partial charge in [0.15, 0.2) is 0 Å². The quantitative estimate of drug-likeness (QED) is 0.686. The first kappa shape index (κ1) is 13.5. The zero-order chi connectivity index (χ0) is 13.5. The molecule has 1 heterocycles. The molecule has 0 aliphatic rings. The van der Waals surface area contributed by atoms with Gasteiger partial charge in [-0.1, -0.05) is 23.4 Å². The molecule has 6 nitrogen and oxygen atoms in total. The summed E-state index contributed by atoms with van der Waals surface area (Å²) in [6.45, 7) is 1.37. The lowest BCUT2D eigenvalue weighted by Gasteiger charge is -2.08. The third-order valence-corrected chi connectivity index (χ3v) is 2.78. The molecule has 2 aromatic rings. The van der Waals surface area contributed by atoms with Crippen molar-refractivity contribution in [3.05, 3.63) is 41.7 Å². The molecule has 0 amide bonds. The number of aliphatic hydroxyl groups excluding tert-OH is 2. The first-order valence-corrected chi connectivity index (χ1v) is 6.26. The van der Waals surface area contributed by atoms with Gasteiger partial charge in [0, 0.05) is 24.4 Å². The predicted octanol–water partition coefficient (Wildman–Crippen LogP) is 0.765. The molecular formula is C13H18N4O2. The fraction of sp³-hybridized carbons (Fsp3) is 0.385. The maximum absolute atomic E-state index is 9.22. The van der Waals surface area contributed by atoms with E-state index in [2.05, 4.69) is 15.6 Å². The van der Waals surface area contributed by atoms with Gasteiger partial charge in [-0.2, -0.15) is 0 Å². The summed E-state index contributed by atoms with van der Waals surface area (Å²) in [6, 6.07) is 7.60. The fourth-order valence-electron chi connectivity index (χ4n) is 1.78. The molecule has 0 spiro atoms. The smallest absolute Gasteiger partial charge is 0.102 e. The van der Waals surface area contributed by atoms with Crippen molar-refractivity contribution < 1.29 is 10.2 Å². The van der Waals surface area contributed by atoms with Crippen LogP contribution in [0.15, 0.2) is 30.5 Å². The van der Waals surface area contributed by atoms with Crippen LogP contribution in [-0.4, -0.2) is 31.8 Å². The Kier molecular flexibility index (Phi) is 4.88. The summed E-state index contributed by atoms with van der Waals surface area (Å²) in [5.41, 5.74) is 2.58. The summed E-state index contributed by atoms with van der Waals surface area (Å²) in [5.74, 6) is 0. The number of anilines is 1. The number of benzene rings is 1. The lowest BCUT2D eigenvalue weighted by Crippen LogP contribution is -2.03. The number of aliphatic hydroxyl groups is 2. The van der Waals surface area contributed by atoms with Crippen molar-refractivity contribution in [2.24, 2.45) is 0 Å². The van der Waals surface area contributed by atoms with Gasteiger partial charge < -0.3 is 15.5 Å². The predicted molar refractivity (Wildman–Crippen MR) is 71.4 cm³/mol. The van der Waals surface area contributed by atoms with Crippen LogP contribution in [0.2, 0.25) is 0 Å². The number of nitrogens with one attached hydrogen (secondary N) is 1. The molecule has 1 aromatic heterocycles. The van der Waals surface area contributed by atoms with Crippen LogP contribution in [0.3, 0.4) is 0 Å². The molecule has 0 unspecified atom stereocenters. The van der Waals surface area contributed by atoms with E-state index in [0.29, 0.717) is 19.5 Å². The highest BCUT2D eigenvalue weighted by Crippen LogP contribution is 2.15. The molecule has 0 aliphatic carbocycles. The second-order valence-corrected chi connectivity index (χ2v) is 4.22. The number of aryl methyl sites for hydroxylation is 1. The summed E-state index contributed by atoms with van der Waals surface area (Å²) in [5, 5.41) is 29.2. The Morgan fingerprint density at radius 2 is 2.05 bits per heavy atom. The van der Waals surface area contributed by atoms with Crippen LogP contribution < -0.4 is 5.32 Å². The molecule has 0 saturated carbocycles. The van der Waals surface area contributed by atoms with E-state index in [0.717, 1.165) is 16.9 Å². The third-order valence-electron chi connectivity index (χ3n) is 2.78. The summed E-state index contributed by atoms with van der Waals surface area (Å²) in [6.07, 6.45) is 2.52. The van der Waals surface area contributed by atoms with Gasteiger partial charge >= 0.3 is 0 Å². The van der Waals surface area contributed by atoms with E-state index in [1.54, 1.807) is 4.68 Å². The van der Waals surface area contributed by atoms with Crippen molar-refractivity contribution in [2.45, 2.75) is 26.1 Å². The van der Waals surface area contributed by atoms with Crippen LogP contribution >= 0.6 is 0 Å². The Labute approximate surface area is 111 Å². The van der Waals surface area contributed by atoms with Gasteiger partial charge in [-0.3, -0.25) is 4.68 Å². The highest BCUT2D eigenvalue weighted by Gasteiger charge is 2.03. The Morgan fingerprint density at radius 3 is 2.84 bits per heavy atom. The van der Waals surface area contributed by atoms with E-state index >= 15 is 0 Å². The van der Waals surface area contributed by atoms with Gasteiger partial charge in [0.25, 0.3) is 0 Å². The van der Waals surface area contributed by atoms with Gasteiger partial charge in [-0.25, -0.2) is 0 Å². The number of nitrogens with zero attached hydrogens (tertiary/aromatic N) is 3. The number of para-hydroxylation sites is 1. The number of hydrogen-bond donors (Lipinski definition) is 3. The van der Waals surface area contributed by atoms with E-state index in [1.807, 2.05) is 30.5 Å². The van der Waals surface area contributed by atoms with E-state index in [-0.39, 0.29) is 13.2 Å². The maximum Gasteiger partial charge on any atom is 0.102 e. The Bertz CT molecular complexity index is 513. The summed E-state index contributed by atoms with van der Waals surface area (Å²) in [4.78, 5) is 0. The lowest BCUT2D eigenvalue weighted by molar-refractivity contribution is 0.276. The van der Waals surface area contributed by atoms with Gasteiger partial charge in [0.1, 0.15) is 5.69 Å². The molecule has 0 atom stereocenters. The maximum atomic E-state index is 9.22. The second kappa shape index (κ2) is 6.86. The molecule has 1 aromatic carbocycles. The molecule has 0 aliphatic heterocycles. The number of aromatic nitrogens is 3. The van der Waals surface area contributed by atoms with Gasteiger partial charge in [0.05, 0.1) is 19.3 Å². The van der Waals surface area contributed by atoms with Crippen molar-refractivity contribution >= 4 is 5.69 Å². The summed E-state index contributed by atoms with van der Waals surface area (Å²) >= 11 is 0. The lowest BCUT2D eigenvalue weighted by atomic mass is 10.2. The normalized spacial score (nSPS) is 10.6. The Hall–Kier alpha value is -1.92. The van der Waals surface area contributed by atoms with Gasteiger partial charge in [0.2, 0.25) is 0 Å². The largest absolute Gasteiger partial charge is 0.396 e. The monoisotopic (exact) mass is 262 g/mol. The topological polar surface area (TPSA) is 83.2 Å². The van der Waals surface area contributed by atoms with Crippen LogP contribution in [0.1, 0.15) is 17.7 Å². The first-order valence-electron chi connectivity index (χ1n) is 6.26. The first-order chi connectivity index (χ1) is 9.33. The van der Waals surface area contributed by atoms with Gasteiger partial charge in [-0.15, -0.1) is 5.10 Å². The third kappa shape index (κ3) is 3.77. The van der Waals surface area contributed by atoms with E-state index in [1.165, 1.54) is 0 Å². The zero-order valence-corrected chi connectivity index (χ0v) is 10.7. The molecule has 102 valence electrons. The standard InChI is InChI=1S/C13H18N4O2/c18-7-3-6-17-9-12(15-16-17)8-14-13-5-2-1-4-11(13)10-19/h1-2,4-5,9,14,18-19H,3,6-8,10H2. The number of rotatable bonds is 7. The SMILES string of the molecule is OCCCn1cc(CNc2ccccc2CO)nn1. The van der Waals surface area contributed by atoms with Crippen molar-refractivity contribution in [3.8, 4) is 0 Å². The highest BCUT2D eigenvalue weighted by atomic mass is 16.3. The van der Waals surface area contributed by atoms with Crippen LogP contribution in [-0.2, 0) is 19.7 Å². The molecule has 0 bridgehead atoms. The molecule has 6 heteroatoms. The molecule has 19 heavy (non-hydrogen) atoms. The van der Waals surface area contributed by atoms with Crippen LogP contribution in [0.4, 0.5) is 5.69 Å². The van der Waals surface area contributed by atoms with Crippen molar-refractivity contribution in [3.63, 3.8) is 0 Å². The minimum Gasteiger partial charge on any atom is -0.396 e. The Balaban J connectivity index is 1.93. The number of hydrogen-bond acceptors (Lipinski definition) is 5. The molecule has 0 saturated heterocycles. The average molecular weight is 262 g/mol. The van der Waals surface area contributed by atoms with E-state index < -0.39 is 0 Å². The molecular weight excluding hydrogens is 244 g/mol. The molecule has 3 N–H and O–H groups in total. The van der Waals surface area contributed by atoms with E-state index in [4.69, 9.17) is 5.11 Å². The second-order valence-electron chi connectivity index (χ2n) is 4.22. The van der Waals surface area contributed by atoms with Gasteiger partial charge in [-0.05, 0) is 12.5 Å². The summed E-state index contributed by atoms with van der Waals surface area (Å²) in [7, 11) is 0. The van der Waals surface area contributed by atoms with E-state index in [9.17, 15) is 5.11 Å². The fourth-order valence-corrected chi connectivity index (χ4v) is 1.78. The highest BCUT2D eigenvalue weighted by molar-refractivity contribution is 5.50. The van der Waals surface area contributed by atoms with Crippen LogP contribution in [0, 0.1) is 0 Å². The Morgan fingerprint density at radius 1 is 1.21 bits per heavy atom. The minimum atomic E-state index is 0.00631. The van der Waals surface area contributed by atoms with Crippen molar-refractivity contribution in [1.29, 1.82) is 0 Å². The summed E-state index contributed by atoms with van der Waals surface area (Å²) < 4.78 is 1.71. The average Bonchev–Trinajstić information content (AvgIpc) is 2.91. The van der Waals surface area contributed by atoms with Crippen LogP contribution in [0.5, 0.6) is 0 Å². The minimum absolute atomic E-state index is 0.00631. The molecule has 2 rings (SSSR count). The zero-order valence-electron chi connectivity index (χ0n) is 10.7. The van der Waals surface area contributed by atoms with Crippen molar-refractivity contribution in [2.75, 3.05) is 11.9 Å². The molecule has 0 radical (unpaired) electrons.